The van der Waals surface area contributed by atoms with Gasteiger partial charge in [-0.05, 0) is 37.7 Å². The zero-order valence-electron chi connectivity index (χ0n) is 17.2. The van der Waals surface area contributed by atoms with Crippen LogP contribution in [0.15, 0.2) is 24.7 Å². The fourth-order valence-electron chi connectivity index (χ4n) is 5.21. The van der Waals surface area contributed by atoms with Gasteiger partial charge in [0.1, 0.15) is 5.82 Å². The van der Waals surface area contributed by atoms with Crippen LogP contribution in [0.4, 0.5) is 0 Å². The third kappa shape index (κ3) is 3.21. The number of likely N-dealkylation sites (tertiary alicyclic amines) is 1. The molecule has 0 bridgehead atoms. The number of methoxy groups -OCH3 is 1. The van der Waals surface area contributed by atoms with Crippen molar-refractivity contribution in [2.45, 2.75) is 51.0 Å². The number of rotatable bonds is 3. The van der Waals surface area contributed by atoms with E-state index in [0.717, 1.165) is 67.7 Å². The molecule has 4 atom stereocenters. The molecule has 0 spiro atoms. The average molecular weight is 396 g/mol. The van der Waals surface area contributed by atoms with Gasteiger partial charge < -0.3 is 14.6 Å². The molecule has 1 aliphatic carbocycles. The van der Waals surface area contributed by atoms with Crippen molar-refractivity contribution in [2.24, 2.45) is 11.8 Å². The first-order chi connectivity index (χ1) is 14.2. The van der Waals surface area contributed by atoms with Gasteiger partial charge >= 0.3 is 0 Å². The summed E-state index contributed by atoms with van der Waals surface area (Å²) in [6.45, 7) is 3.86. The molecule has 7 heteroatoms. The van der Waals surface area contributed by atoms with Crippen molar-refractivity contribution in [3.05, 3.63) is 30.5 Å². The maximum absolute atomic E-state index is 13.3. The smallest absolute Gasteiger partial charge is 0.225 e. The number of hydrogen-bond acceptors (Lipinski definition) is 4. The van der Waals surface area contributed by atoms with E-state index in [2.05, 4.69) is 26.2 Å². The minimum atomic E-state index is 0.0976. The highest BCUT2D eigenvalue weighted by Gasteiger charge is 2.36. The second-order valence-corrected chi connectivity index (χ2v) is 8.72. The van der Waals surface area contributed by atoms with Crippen LogP contribution in [0, 0.1) is 11.8 Å². The summed E-state index contributed by atoms with van der Waals surface area (Å²) >= 11 is 0. The summed E-state index contributed by atoms with van der Waals surface area (Å²) < 4.78 is 7.75. The maximum atomic E-state index is 13.3. The first-order valence-corrected chi connectivity index (χ1v) is 10.8. The van der Waals surface area contributed by atoms with Crippen LogP contribution in [-0.4, -0.2) is 56.5 Å². The topological polar surface area (TPSA) is 75.5 Å². The molecule has 0 aromatic carbocycles. The van der Waals surface area contributed by atoms with E-state index in [1.54, 1.807) is 7.11 Å². The Kier molecular flexibility index (Phi) is 4.78. The molecular weight excluding hydrogens is 366 g/mol. The van der Waals surface area contributed by atoms with Gasteiger partial charge in [0.15, 0.2) is 5.65 Å². The first kappa shape index (κ1) is 18.6. The quantitative estimate of drug-likeness (QED) is 0.738. The number of amides is 1. The first-order valence-electron chi connectivity index (χ1n) is 10.8. The van der Waals surface area contributed by atoms with Crippen LogP contribution < -0.4 is 0 Å². The Hall–Kier alpha value is -2.41. The highest BCUT2D eigenvalue weighted by molar-refractivity contribution is 5.79. The van der Waals surface area contributed by atoms with Crippen molar-refractivity contribution in [3.63, 3.8) is 0 Å². The molecule has 1 amide bonds. The number of aromatic amines is 1. The van der Waals surface area contributed by atoms with E-state index in [1.807, 2.05) is 24.7 Å². The fourth-order valence-corrected chi connectivity index (χ4v) is 5.21. The Morgan fingerprint density at radius 2 is 2.10 bits per heavy atom. The van der Waals surface area contributed by atoms with E-state index in [-0.39, 0.29) is 17.9 Å². The number of nitrogens with one attached hydrogen (secondary N) is 1. The number of imidazole rings is 1. The van der Waals surface area contributed by atoms with E-state index >= 15 is 0 Å². The molecule has 1 saturated heterocycles. The Bertz CT molecular complexity index is 1020. The van der Waals surface area contributed by atoms with Gasteiger partial charge in [0, 0.05) is 38.2 Å². The molecule has 5 rings (SSSR count). The molecule has 3 aromatic heterocycles. The maximum Gasteiger partial charge on any atom is 0.225 e. The van der Waals surface area contributed by atoms with Gasteiger partial charge in [-0.1, -0.05) is 13.3 Å². The molecule has 1 aliphatic heterocycles. The van der Waals surface area contributed by atoms with E-state index < -0.39 is 0 Å². The van der Waals surface area contributed by atoms with Crippen LogP contribution in [0.2, 0.25) is 0 Å². The second kappa shape index (κ2) is 7.44. The monoisotopic (exact) mass is 395 g/mol. The summed E-state index contributed by atoms with van der Waals surface area (Å²) in [6, 6.07) is 2.05. The van der Waals surface area contributed by atoms with Crippen molar-refractivity contribution in [2.75, 3.05) is 20.2 Å². The number of nitrogens with zero attached hydrogens (tertiary/aromatic N) is 4. The number of fused-ring (bicyclic) bond motifs is 3. The zero-order valence-corrected chi connectivity index (χ0v) is 17.2. The number of ether oxygens (including phenoxy) is 1. The van der Waals surface area contributed by atoms with Gasteiger partial charge in [-0.3, -0.25) is 9.20 Å². The molecule has 0 unspecified atom stereocenters. The Balaban J connectivity index is 1.43. The number of carbonyl (C=O) groups excluding carboxylic acids is 1. The van der Waals surface area contributed by atoms with E-state index in [1.165, 1.54) is 0 Å². The standard InChI is InChI=1S/C22H29N5O2/c1-14-7-9-26(22(28)15-4-3-5-17(10-15)29-2)13-18(14)21-25-12-16-11-24-20-19(27(16)21)6-8-23-20/h6,8,11-12,14-15,17-18,23H,3-5,7,9-10,13H2,1-2H3/t14-,15+,17-,18+/m1/s1. The van der Waals surface area contributed by atoms with Crippen LogP contribution in [0.3, 0.4) is 0 Å². The van der Waals surface area contributed by atoms with Crippen LogP contribution in [-0.2, 0) is 9.53 Å². The molecule has 3 aromatic rings. The highest BCUT2D eigenvalue weighted by atomic mass is 16.5. The van der Waals surface area contributed by atoms with Gasteiger partial charge in [0.25, 0.3) is 0 Å². The number of piperidine rings is 1. The molecule has 2 fully saturated rings. The van der Waals surface area contributed by atoms with Crippen molar-refractivity contribution < 1.29 is 9.53 Å². The van der Waals surface area contributed by atoms with E-state index in [9.17, 15) is 4.79 Å². The molecular formula is C22H29N5O2. The molecule has 1 N–H and O–H groups in total. The average Bonchev–Trinajstić information content (AvgIpc) is 3.40. The lowest BCUT2D eigenvalue weighted by molar-refractivity contribution is -0.140. The summed E-state index contributed by atoms with van der Waals surface area (Å²) in [5.41, 5.74) is 2.90. The molecule has 29 heavy (non-hydrogen) atoms. The predicted octanol–water partition coefficient (Wildman–Crippen LogP) is 3.37. The van der Waals surface area contributed by atoms with Crippen molar-refractivity contribution in [1.29, 1.82) is 0 Å². The van der Waals surface area contributed by atoms with Gasteiger partial charge in [-0.2, -0.15) is 0 Å². The van der Waals surface area contributed by atoms with Crippen LogP contribution >= 0.6 is 0 Å². The minimum Gasteiger partial charge on any atom is -0.381 e. The van der Waals surface area contributed by atoms with Gasteiger partial charge in [-0.15, -0.1) is 0 Å². The molecule has 154 valence electrons. The van der Waals surface area contributed by atoms with Crippen LogP contribution in [0.25, 0.3) is 16.7 Å². The summed E-state index contributed by atoms with van der Waals surface area (Å²) in [6.07, 6.45) is 10.9. The summed E-state index contributed by atoms with van der Waals surface area (Å²) in [5, 5.41) is 0. The number of carbonyl (C=O) groups is 1. The molecule has 4 heterocycles. The fraction of sp³-hybridized carbons (Fsp3) is 0.591. The second-order valence-electron chi connectivity index (χ2n) is 8.72. The van der Waals surface area contributed by atoms with E-state index in [0.29, 0.717) is 11.8 Å². The highest BCUT2D eigenvalue weighted by Crippen LogP contribution is 2.35. The van der Waals surface area contributed by atoms with Gasteiger partial charge in [0.2, 0.25) is 5.91 Å². The Morgan fingerprint density at radius 1 is 1.24 bits per heavy atom. The lowest BCUT2D eigenvalue weighted by Gasteiger charge is -2.39. The lowest BCUT2D eigenvalue weighted by atomic mass is 9.83. The summed E-state index contributed by atoms with van der Waals surface area (Å²) in [4.78, 5) is 27.8. The van der Waals surface area contributed by atoms with Crippen LogP contribution in [0.1, 0.15) is 50.8 Å². The van der Waals surface area contributed by atoms with Crippen molar-refractivity contribution in [1.82, 2.24) is 24.3 Å². The van der Waals surface area contributed by atoms with Crippen molar-refractivity contribution in [3.8, 4) is 0 Å². The largest absolute Gasteiger partial charge is 0.381 e. The Labute approximate surface area is 170 Å². The third-order valence-electron chi connectivity index (χ3n) is 7.00. The normalized spacial score (nSPS) is 28.3. The lowest BCUT2D eigenvalue weighted by Crippen LogP contribution is -2.46. The molecule has 2 aliphatic rings. The van der Waals surface area contributed by atoms with E-state index in [4.69, 9.17) is 9.72 Å². The van der Waals surface area contributed by atoms with Crippen LogP contribution in [0.5, 0.6) is 0 Å². The molecule has 0 radical (unpaired) electrons. The zero-order chi connectivity index (χ0) is 20.0. The third-order valence-corrected chi connectivity index (χ3v) is 7.00. The summed E-state index contributed by atoms with van der Waals surface area (Å²) in [7, 11) is 1.76. The Morgan fingerprint density at radius 3 is 2.97 bits per heavy atom. The molecule has 1 saturated carbocycles. The number of aromatic nitrogens is 4. The molecule has 7 nitrogen and oxygen atoms in total. The summed E-state index contributed by atoms with van der Waals surface area (Å²) in [5.74, 6) is 2.14. The predicted molar refractivity (Wildman–Crippen MR) is 111 cm³/mol. The van der Waals surface area contributed by atoms with Gasteiger partial charge in [0.05, 0.1) is 29.5 Å². The minimum absolute atomic E-state index is 0.0976. The number of H-pyrrole nitrogens is 1. The SMILES string of the molecule is CO[C@@H]1CCC[C@H](C(=O)N2CC[C@@H](C)[C@@H](c3ncc4cnc5[nH]ccc5n34)C2)C1. The van der Waals surface area contributed by atoms with Gasteiger partial charge in [-0.25, -0.2) is 9.97 Å². The number of hydrogen-bond donors (Lipinski definition) is 1. The van der Waals surface area contributed by atoms with Crippen molar-refractivity contribution >= 4 is 22.6 Å².